The topological polar surface area (TPSA) is 90.5 Å². The highest BCUT2D eigenvalue weighted by atomic mass is 16.3. The van der Waals surface area contributed by atoms with Crippen molar-refractivity contribution in [2.45, 2.75) is 6.42 Å². The molecule has 0 saturated carbocycles. The van der Waals surface area contributed by atoms with Crippen molar-refractivity contribution < 1.29 is 14.7 Å². The van der Waals surface area contributed by atoms with E-state index in [1.807, 2.05) is 18.2 Å². The van der Waals surface area contributed by atoms with Crippen molar-refractivity contribution >= 4 is 29.0 Å². The van der Waals surface area contributed by atoms with Gasteiger partial charge in [-0.05, 0) is 54.1 Å². The highest BCUT2D eigenvalue weighted by Crippen LogP contribution is 2.15. The molecule has 0 saturated heterocycles. The van der Waals surface area contributed by atoms with E-state index in [0.29, 0.717) is 17.1 Å². The van der Waals surface area contributed by atoms with Crippen LogP contribution in [-0.4, -0.2) is 17.0 Å². The zero-order valence-electron chi connectivity index (χ0n) is 14.5. The molecular weight excluding hydrogens is 342 g/mol. The summed E-state index contributed by atoms with van der Waals surface area (Å²) >= 11 is 0. The van der Waals surface area contributed by atoms with Gasteiger partial charge >= 0.3 is 6.03 Å². The smallest absolute Gasteiger partial charge is 0.323 e. The van der Waals surface area contributed by atoms with Crippen LogP contribution in [0.1, 0.15) is 5.56 Å². The number of phenolic OH excluding ortho intramolecular Hbond substituents is 1. The Balaban J connectivity index is 1.51. The molecule has 3 aromatic carbocycles. The molecule has 6 heteroatoms. The van der Waals surface area contributed by atoms with Crippen LogP contribution < -0.4 is 16.0 Å². The zero-order chi connectivity index (χ0) is 19.1. The van der Waals surface area contributed by atoms with E-state index in [1.165, 1.54) is 0 Å². The quantitative estimate of drug-likeness (QED) is 0.548. The number of urea groups is 1. The van der Waals surface area contributed by atoms with Crippen LogP contribution in [0, 0.1) is 0 Å². The molecule has 0 fully saturated rings. The lowest BCUT2D eigenvalue weighted by Gasteiger charge is -2.09. The summed E-state index contributed by atoms with van der Waals surface area (Å²) in [5.74, 6) is 0.00164. The third-order valence-corrected chi connectivity index (χ3v) is 3.76. The monoisotopic (exact) mass is 361 g/mol. The second kappa shape index (κ2) is 8.53. The van der Waals surface area contributed by atoms with Gasteiger partial charge in [-0.15, -0.1) is 0 Å². The molecule has 0 aliphatic rings. The number of rotatable bonds is 5. The number of amides is 3. The molecular formula is C21H19N3O3. The van der Waals surface area contributed by atoms with Crippen LogP contribution >= 0.6 is 0 Å². The van der Waals surface area contributed by atoms with Crippen LogP contribution in [-0.2, 0) is 11.2 Å². The average molecular weight is 361 g/mol. The highest BCUT2D eigenvalue weighted by molar-refractivity contribution is 6.00. The Kier molecular flexibility index (Phi) is 5.69. The van der Waals surface area contributed by atoms with E-state index in [4.69, 9.17) is 0 Å². The van der Waals surface area contributed by atoms with Crippen LogP contribution in [0.3, 0.4) is 0 Å². The molecule has 0 bridgehead atoms. The number of para-hydroxylation sites is 1. The molecule has 136 valence electrons. The summed E-state index contributed by atoms with van der Waals surface area (Å²) in [5, 5.41) is 17.5. The van der Waals surface area contributed by atoms with Crippen LogP contribution in [0.15, 0.2) is 78.9 Å². The van der Waals surface area contributed by atoms with Crippen molar-refractivity contribution in [2.75, 3.05) is 16.0 Å². The molecule has 0 spiro atoms. The second-order valence-corrected chi connectivity index (χ2v) is 5.91. The van der Waals surface area contributed by atoms with Crippen molar-refractivity contribution in [3.8, 4) is 5.75 Å². The summed E-state index contributed by atoms with van der Waals surface area (Å²) in [6, 6.07) is 22.1. The Hall–Kier alpha value is -3.80. The van der Waals surface area contributed by atoms with Gasteiger partial charge in [-0.2, -0.15) is 0 Å². The maximum absolute atomic E-state index is 12.1. The first-order chi connectivity index (χ1) is 13.1. The molecule has 0 radical (unpaired) electrons. The minimum atomic E-state index is -0.342. The fourth-order valence-electron chi connectivity index (χ4n) is 2.46. The maximum atomic E-state index is 12.1. The SMILES string of the molecule is O=C(Cc1ccc(O)cc1)Nc1ccc(NC(=O)Nc2ccccc2)cc1. The van der Waals surface area contributed by atoms with Gasteiger partial charge in [0.2, 0.25) is 5.91 Å². The molecule has 0 atom stereocenters. The molecule has 0 aliphatic heterocycles. The van der Waals surface area contributed by atoms with Gasteiger partial charge in [-0.25, -0.2) is 4.79 Å². The first kappa shape index (κ1) is 18.0. The van der Waals surface area contributed by atoms with Gasteiger partial charge in [0.05, 0.1) is 6.42 Å². The minimum absolute atomic E-state index is 0.164. The molecule has 3 aromatic rings. The standard InChI is InChI=1S/C21H19N3O3/c25-19-12-6-15(7-13-19)14-20(26)22-17-8-10-18(11-9-17)24-21(27)23-16-4-2-1-3-5-16/h1-13,25H,14H2,(H,22,26)(H2,23,24,27). The van der Waals surface area contributed by atoms with Gasteiger partial charge in [0.1, 0.15) is 5.75 Å². The summed E-state index contributed by atoms with van der Waals surface area (Å²) in [5.41, 5.74) is 2.75. The van der Waals surface area contributed by atoms with Crippen molar-refractivity contribution in [3.05, 3.63) is 84.4 Å². The predicted octanol–water partition coefficient (Wildman–Crippen LogP) is 4.22. The molecule has 6 nitrogen and oxygen atoms in total. The Morgan fingerprint density at radius 1 is 0.667 bits per heavy atom. The molecule has 0 aromatic heterocycles. The second-order valence-electron chi connectivity index (χ2n) is 5.91. The Morgan fingerprint density at radius 2 is 1.19 bits per heavy atom. The van der Waals surface area contributed by atoms with Gasteiger partial charge < -0.3 is 21.1 Å². The molecule has 3 amide bonds. The van der Waals surface area contributed by atoms with Crippen molar-refractivity contribution in [3.63, 3.8) is 0 Å². The number of aromatic hydroxyl groups is 1. The van der Waals surface area contributed by atoms with E-state index in [-0.39, 0.29) is 24.1 Å². The molecule has 3 rings (SSSR count). The fourth-order valence-corrected chi connectivity index (χ4v) is 2.46. The van der Waals surface area contributed by atoms with Gasteiger partial charge in [0.15, 0.2) is 0 Å². The van der Waals surface area contributed by atoms with Gasteiger partial charge in [0.25, 0.3) is 0 Å². The van der Waals surface area contributed by atoms with E-state index in [0.717, 1.165) is 5.56 Å². The molecule has 4 N–H and O–H groups in total. The molecule has 0 heterocycles. The summed E-state index contributed by atoms with van der Waals surface area (Å²) in [6.45, 7) is 0. The number of benzene rings is 3. The highest BCUT2D eigenvalue weighted by Gasteiger charge is 2.06. The van der Waals surface area contributed by atoms with Crippen LogP contribution in [0.4, 0.5) is 21.9 Å². The number of carbonyl (C=O) groups excluding carboxylic acids is 2. The Labute approximate surface area is 156 Å². The van der Waals surface area contributed by atoms with Crippen LogP contribution in [0.2, 0.25) is 0 Å². The number of hydrogen-bond acceptors (Lipinski definition) is 3. The van der Waals surface area contributed by atoms with Crippen LogP contribution in [0.5, 0.6) is 5.75 Å². The van der Waals surface area contributed by atoms with E-state index in [1.54, 1.807) is 60.7 Å². The summed E-state index contributed by atoms with van der Waals surface area (Å²) in [4.78, 5) is 24.0. The summed E-state index contributed by atoms with van der Waals surface area (Å²) in [7, 11) is 0. The van der Waals surface area contributed by atoms with Crippen molar-refractivity contribution in [1.29, 1.82) is 0 Å². The normalized spacial score (nSPS) is 10.1. The van der Waals surface area contributed by atoms with Crippen molar-refractivity contribution in [1.82, 2.24) is 0 Å². The number of phenols is 1. The molecule has 0 unspecified atom stereocenters. The first-order valence-electron chi connectivity index (χ1n) is 8.39. The Bertz CT molecular complexity index is 908. The lowest BCUT2D eigenvalue weighted by molar-refractivity contribution is -0.115. The van der Waals surface area contributed by atoms with E-state index < -0.39 is 0 Å². The number of anilines is 3. The van der Waals surface area contributed by atoms with Gasteiger partial charge in [-0.3, -0.25) is 4.79 Å². The summed E-state index contributed by atoms with van der Waals surface area (Å²) < 4.78 is 0. The Morgan fingerprint density at radius 3 is 1.78 bits per heavy atom. The van der Waals surface area contributed by atoms with E-state index in [9.17, 15) is 14.7 Å². The van der Waals surface area contributed by atoms with Gasteiger partial charge in [-0.1, -0.05) is 30.3 Å². The number of nitrogens with one attached hydrogen (secondary N) is 3. The van der Waals surface area contributed by atoms with Crippen LogP contribution in [0.25, 0.3) is 0 Å². The fraction of sp³-hybridized carbons (Fsp3) is 0.0476. The molecule has 27 heavy (non-hydrogen) atoms. The van der Waals surface area contributed by atoms with E-state index >= 15 is 0 Å². The third-order valence-electron chi connectivity index (χ3n) is 3.76. The lowest BCUT2D eigenvalue weighted by atomic mass is 10.1. The molecule has 0 aliphatic carbocycles. The predicted molar refractivity (Wildman–Crippen MR) is 106 cm³/mol. The average Bonchev–Trinajstić information content (AvgIpc) is 2.66. The zero-order valence-corrected chi connectivity index (χ0v) is 14.5. The number of hydrogen-bond donors (Lipinski definition) is 4. The van der Waals surface area contributed by atoms with Crippen molar-refractivity contribution in [2.24, 2.45) is 0 Å². The summed E-state index contributed by atoms with van der Waals surface area (Å²) in [6.07, 6.45) is 0.208. The maximum Gasteiger partial charge on any atom is 0.323 e. The van der Waals surface area contributed by atoms with Gasteiger partial charge in [0, 0.05) is 17.1 Å². The minimum Gasteiger partial charge on any atom is -0.508 e. The largest absolute Gasteiger partial charge is 0.508 e. The number of carbonyl (C=O) groups is 2. The lowest BCUT2D eigenvalue weighted by Crippen LogP contribution is -2.19. The van der Waals surface area contributed by atoms with E-state index in [2.05, 4.69) is 16.0 Å². The first-order valence-corrected chi connectivity index (χ1v) is 8.39. The third kappa shape index (κ3) is 5.61.